The second-order valence-electron chi connectivity index (χ2n) is 8.09. The third-order valence-electron chi connectivity index (χ3n) is 5.67. The number of ether oxygens (including phenoxy) is 1. The molecule has 0 aromatic heterocycles. The van der Waals surface area contributed by atoms with E-state index in [4.69, 9.17) is 4.74 Å². The van der Waals surface area contributed by atoms with Gasteiger partial charge in [-0.05, 0) is 23.4 Å². The Kier molecular flexibility index (Phi) is 8.18. The van der Waals surface area contributed by atoms with Crippen molar-refractivity contribution in [1.29, 1.82) is 0 Å². The summed E-state index contributed by atoms with van der Waals surface area (Å²) in [5.41, 5.74) is 2.46. The number of nitrogens with one attached hydrogen (secondary N) is 1. The Bertz CT molecular complexity index is 864. The van der Waals surface area contributed by atoms with E-state index in [-0.39, 0.29) is 18.5 Å². The van der Waals surface area contributed by atoms with E-state index < -0.39 is 18.1 Å². The minimum absolute atomic E-state index is 0.0143. The number of halogens is 3. The fourth-order valence-corrected chi connectivity index (χ4v) is 4.13. The maximum atomic E-state index is 14.1. The van der Waals surface area contributed by atoms with Crippen LogP contribution in [0.15, 0.2) is 36.4 Å². The Morgan fingerprint density at radius 1 is 1.03 bits per heavy atom. The molecule has 0 aliphatic carbocycles. The number of carbonyl (C=O) groups excluding carboxylic acids is 1. The normalized spacial score (nSPS) is 15.9. The van der Waals surface area contributed by atoms with E-state index in [1.165, 1.54) is 31.7 Å². The molecule has 0 spiro atoms. The molecule has 0 bridgehead atoms. The summed E-state index contributed by atoms with van der Waals surface area (Å²) in [6, 6.07) is 8.27. The summed E-state index contributed by atoms with van der Waals surface area (Å²) in [6.45, 7) is 2.67. The predicted octanol–water partition coefficient (Wildman–Crippen LogP) is 6.31. The number of hydrogen-bond donors (Lipinski definition) is 1. The van der Waals surface area contributed by atoms with E-state index >= 15 is 0 Å². The summed E-state index contributed by atoms with van der Waals surface area (Å²) < 4.78 is 48.2. The molecule has 1 aliphatic heterocycles. The lowest BCUT2D eigenvalue weighted by atomic mass is 9.97. The minimum atomic E-state index is -4.54. The van der Waals surface area contributed by atoms with Gasteiger partial charge in [-0.15, -0.1) is 0 Å². The van der Waals surface area contributed by atoms with Crippen LogP contribution in [0.1, 0.15) is 69.9 Å². The van der Waals surface area contributed by atoms with Crippen LogP contribution in [0.3, 0.4) is 0 Å². The number of alkyl halides is 3. The summed E-state index contributed by atoms with van der Waals surface area (Å²) >= 11 is 0. The molecule has 0 radical (unpaired) electrons. The SMILES string of the molecule is CCCCCCCCCOc1cccc2cccc([C@H](N3CCC(=O)N3)C(F)(F)F)c12. The summed E-state index contributed by atoms with van der Waals surface area (Å²) in [5, 5.41) is 2.13. The maximum Gasteiger partial charge on any atom is 0.409 e. The molecule has 1 aliphatic rings. The van der Waals surface area contributed by atoms with E-state index in [1.54, 1.807) is 30.3 Å². The van der Waals surface area contributed by atoms with Crippen molar-refractivity contribution < 1.29 is 22.7 Å². The monoisotopic (exact) mass is 436 g/mol. The van der Waals surface area contributed by atoms with E-state index in [2.05, 4.69) is 12.3 Å². The number of carbonyl (C=O) groups is 1. The zero-order valence-electron chi connectivity index (χ0n) is 18.0. The first-order valence-electron chi connectivity index (χ1n) is 11.2. The fraction of sp³-hybridized carbons (Fsp3) is 0.542. The number of hydrogen-bond acceptors (Lipinski definition) is 3. The van der Waals surface area contributed by atoms with Crippen LogP contribution in [0.2, 0.25) is 0 Å². The van der Waals surface area contributed by atoms with Crippen LogP contribution in [0, 0.1) is 0 Å². The van der Waals surface area contributed by atoms with Crippen molar-refractivity contribution in [3.05, 3.63) is 42.0 Å². The first-order valence-corrected chi connectivity index (χ1v) is 11.2. The third-order valence-corrected chi connectivity index (χ3v) is 5.67. The predicted molar refractivity (Wildman–Crippen MR) is 116 cm³/mol. The second-order valence-corrected chi connectivity index (χ2v) is 8.09. The first kappa shape index (κ1) is 23.4. The molecule has 1 fully saturated rings. The van der Waals surface area contributed by atoms with Gasteiger partial charge in [0.25, 0.3) is 0 Å². The van der Waals surface area contributed by atoms with Crippen molar-refractivity contribution >= 4 is 16.7 Å². The van der Waals surface area contributed by atoms with Gasteiger partial charge < -0.3 is 4.74 Å². The number of benzene rings is 2. The minimum Gasteiger partial charge on any atom is -0.493 e. The largest absolute Gasteiger partial charge is 0.493 e. The van der Waals surface area contributed by atoms with Gasteiger partial charge in [0.05, 0.1) is 6.61 Å². The van der Waals surface area contributed by atoms with Crippen molar-refractivity contribution in [3.8, 4) is 5.75 Å². The lowest BCUT2D eigenvalue weighted by Crippen LogP contribution is -2.43. The quantitative estimate of drug-likeness (QED) is 0.420. The topological polar surface area (TPSA) is 41.6 Å². The number of fused-ring (bicyclic) bond motifs is 1. The average molecular weight is 437 g/mol. The van der Waals surface area contributed by atoms with Crippen LogP contribution in [0.5, 0.6) is 5.75 Å². The van der Waals surface area contributed by atoms with Crippen LogP contribution in [-0.4, -0.2) is 30.2 Å². The van der Waals surface area contributed by atoms with Gasteiger partial charge in [-0.3, -0.25) is 10.2 Å². The summed E-state index contributed by atoms with van der Waals surface area (Å²) in [4.78, 5) is 11.6. The van der Waals surface area contributed by atoms with Crippen LogP contribution in [-0.2, 0) is 4.79 Å². The van der Waals surface area contributed by atoms with Crippen LogP contribution >= 0.6 is 0 Å². The molecule has 1 heterocycles. The summed E-state index contributed by atoms with van der Waals surface area (Å²) in [5.74, 6) is 0.0590. The Balaban J connectivity index is 1.78. The van der Waals surface area contributed by atoms with Gasteiger partial charge in [-0.2, -0.15) is 13.2 Å². The zero-order chi connectivity index (χ0) is 22.3. The van der Waals surface area contributed by atoms with Gasteiger partial charge in [0.15, 0.2) is 6.04 Å². The molecule has 2 aromatic rings. The molecule has 2 aromatic carbocycles. The summed E-state index contributed by atoms with van der Waals surface area (Å²) in [7, 11) is 0. The number of amides is 1. The highest BCUT2D eigenvalue weighted by Crippen LogP contribution is 2.43. The van der Waals surface area contributed by atoms with Crippen molar-refractivity contribution in [2.75, 3.05) is 13.2 Å². The Morgan fingerprint density at radius 3 is 2.35 bits per heavy atom. The standard InChI is InChI=1S/C24H31F3N2O2/c1-2-3-4-5-6-7-8-17-31-20-14-10-12-18-11-9-13-19(22(18)20)23(24(25,26)27)29-16-15-21(30)28-29/h9-14,23H,2-8,15-17H2,1H3,(H,28,30)/t23-/m0/s1. The highest BCUT2D eigenvalue weighted by atomic mass is 19.4. The van der Waals surface area contributed by atoms with Gasteiger partial charge in [0.2, 0.25) is 5.91 Å². The van der Waals surface area contributed by atoms with Gasteiger partial charge in [-0.1, -0.05) is 75.8 Å². The van der Waals surface area contributed by atoms with Gasteiger partial charge >= 0.3 is 6.18 Å². The summed E-state index contributed by atoms with van der Waals surface area (Å²) in [6.07, 6.45) is 3.50. The van der Waals surface area contributed by atoms with E-state index in [9.17, 15) is 18.0 Å². The molecule has 0 unspecified atom stereocenters. The van der Waals surface area contributed by atoms with Gasteiger partial charge in [0, 0.05) is 18.4 Å². The van der Waals surface area contributed by atoms with Crippen molar-refractivity contribution in [2.45, 2.75) is 70.5 Å². The Hall–Kier alpha value is -2.28. The second kappa shape index (κ2) is 10.8. The molecule has 170 valence electrons. The van der Waals surface area contributed by atoms with Crippen molar-refractivity contribution in [1.82, 2.24) is 10.4 Å². The van der Waals surface area contributed by atoms with Gasteiger partial charge in [0.1, 0.15) is 5.75 Å². The zero-order valence-corrected chi connectivity index (χ0v) is 18.0. The fourth-order valence-electron chi connectivity index (χ4n) is 4.13. The Morgan fingerprint density at radius 2 is 1.71 bits per heavy atom. The lowest BCUT2D eigenvalue weighted by Gasteiger charge is -2.30. The lowest BCUT2D eigenvalue weighted by molar-refractivity contribution is -0.190. The molecule has 1 amide bonds. The molecule has 4 nitrogen and oxygen atoms in total. The van der Waals surface area contributed by atoms with E-state index in [0.717, 1.165) is 24.3 Å². The molecule has 1 N–H and O–H groups in total. The average Bonchev–Trinajstić information content (AvgIpc) is 3.14. The maximum absolute atomic E-state index is 14.1. The van der Waals surface area contributed by atoms with Crippen LogP contribution in [0.25, 0.3) is 10.8 Å². The van der Waals surface area contributed by atoms with E-state index in [0.29, 0.717) is 23.1 Å². The molecular formula is C24H31F3N2O2. The van der Waals surface area contributed by atoms with E-state index in [1.807, 2.05) is 0 Å². The molecule has 31 heavy (non-hydrogen) atoms. The number of unbranched alkanes of at least 4 members (excludes halogenated alkanes) is 6. The third kappa shape index (κ3) is 6.12. The number of hydrazine groups is 1. The first-order chi connectivity index (χ1) is 14.9. The number of rotatable bonds is 11. The number of nitrogens with zero attached hydrogens (tertiary/aromatic N) is 1. The molecule has 7 heteroatoms. The molecule has 1 atom stereocenters. The van der Waals surface area contributed by atoms with Crippen LogP contribution in [0.4, 0.5) is 13.2 Å². The van der Waals surface area contributed by atoms with Crippen LogP contribution < -0.4 is 10.2 Å². The van der Waals surface area contributed by atoms with Gasteiger partial charge in [-0.25, -0.2) is 5.01 Å². The Labute approximate surface area is 181 Å². The highest BCUT2D eigenvalue weighted by Gasteiger charge is 2.47. The van der Waals surface area contributed by atoms with Crippen molar-refractivity contribution in [3.63, 3.8) is 0 Å². The molecule has 3 rings (SSSR count). The smallest absolute Gasteiger partial charge is 0.409 e. The van der Waals surface area contributed by atoms with Crippen molar-refractivity contribution in [2.24, 2.45) is 0 Å². The molecular weight excluding hydrogens is 405 g/mol. The molecule has 1 saturated heterocycles. The highest BCUT2D eigenvalue weighted by molar-refractivity contribution is 5.92. The molecule has 0 saturated carbocycles.